The topological polar surface area (TPSA) is 50.1 Å². The van der Waals surface area contributed by atoms with E-state index in [-0.39, 0.29) is 11.3 Å². The molecule has 0 aliphatic carbocycles. The van der Waals surface area contributed by atoms with Crippen LogP contribution in [0.5, 0.6) is 5.75 Å². The second-order valence-electron chi connectivity index (χ2n) is 13.0. The van der Waals surface area contributed by atoms with Crippen molar-refractivity contribution in [3.63, 3.8) is 0 Å². The molecule has 3 heterocycles. The molecule has 1 saturated heterocycles. The van der Waals surface area contributed by atoms with E-state index in [0.29, 0.717) is 13.1 Å². The third kappa shape index (κ3) is 6.00. The van der Waals surface area contributed by atoms with Crippen LogP contribution in [0, 0.1) is 13.8 Å². The van der Waals surface area contributed by atoms with Gasteiger partial charge < -0.3 is 14.0 Å². The van der Waals surface area contributed by atoms with Gasteiger partial charge in [0.15, 0.2) is 0 Å². The average molecular weight is 587 g/mol. The van der Waals surface area contributed by atoms with Gasteiger partial charge in [-0.1, -0.05) is 68.8 Å². The highest BCUT2D eigenvalue weighted by atomic mass is 16.5. The zero-order chi connectivity index (χ0) is 31.0. The summed E-state index contributed by atoms with van der Waals surface area (Å²) in [4.78, 5) is 22.9. The molecule has 6 rings (SSSR count). The highest BCUT2D eigenvalue weighted by Gasteiger charge is 2.25. The second-order valence-corrected chi connectivity index (χ2v) is 13.0. The molecule has 44 heavy (non-hydrogen) atoms. The Bertz CT molecular complexity index is 1810. The minimum atomic E-state index is 0.0639. The van der Waals surface area contributed by atoms with E-state index in [1.54, 1.807) is 7.11 Å². The van der Waals surface area contributed by atoms with E-state index in [1.807, 2.05) is 29.2 Å². The van der Waals surface area contributed by atoms with E-state index in [9.17, 15) is 4.79 Å². The number of aromatic nitrogens is 2. The number of benzene rings is 3. The van der Waals surface area contributed by atoms with Crippen LogP contribution in [0.1, 0.15) is 53.5 Å². The number of piperazine rings is 1. The average Bonchev–Trinajstić information content (AvgIpc) is 3.39. The Morgan fingerprint density at radius 2 is 1.61 bits per heavy atom. The molecule has 0 saturated carbocycles. The van der Waals surface area contributed by atoms with Gasteiger partial charge in [-0.25, -0.2) is 4.98 Å². The first-order valence-electron chi connectivity index (χ1n) is 15.5. The number of amides is 1. The van der Waals surface area contributed by atoms with Crippen LogP contribution in [0.3, 0.4) is 0 Å². The summed E-state index contributed by atoms with van der Waals surface area (Å²) in [7, 11) is 1.69. The summed E-state index contributed by atoms with van der Waals surface area (Å²) in [5, 5.41) is 0. The third-order valence-electron chi connectivity index (χ3n) is 8.80. The number of methoxy groups -OCH3 is 1. The Labute approximate surface area is 260 Å². The number of imidazole rings is 1. The summed E-state index contributed by atoms with van der Waals surface area (Å²) in [5.41, 5.74) is 11.0. The van der Waals surface area contributed by atoms with Crippen molar-refractivity contribution in [1.29, 1.82) is 0 Å². The number of aryl methyl sites for hydroxylation is 2. The molecule has 0 unspecified atom stereocenters. The second kappa shape index (κ2) is 11.9. The van der Waals surface area contributed by atoms with Crippen LogP contribution in [0.2, 0.25) is 0 Å². The summed E-state index contributed by atoms with van der Waals surface area (Å²) in [6.45, 7) is 14.6. The standard InChI is InChI=1S/C38H42N4O2/c1-26-10-11-27(2)33(22-26)30-14-17-35-39-36(29-8-7-9-32(23-29)44-6)34(42(35)24-30)25-40-18-20-41(21-19-40)37(43)28-12-15-31(16-13-28)38(3,4)5/h7-17,22-24H,18-21,25H2,1-6H3. The van der Waals surface area contributed by atoms with E-state index in [1.165, 1.54) is 27.8 Å². The van der Waals surface area contributed by atoms with Crippen molar-refractivity contribution in [1.82, 2.24) is 19.2 Å². The van der Waals surface area contributed by atoms with E-state index in [2.05, 4.69) is 105 Å². The number of rotatable bonds is 6. The zero-order valence-electron chi connectivity index (χ0n) is 26.7. The smallest absolute Gasteiger partial charge is 0.253 e. The highest BCUT2D eigenvalue weighted by Crippen LogP contribution is 2.32. The van der Waals surface area contributed by atoms with Gasteiger partial charge in [-0.05, 0) is 77.9 Å². The molecule has 3 aromatic carbocycles. The van der Waals surface area contributed by atoms with Crippen molar-refractivity contribution in [2.75, 3.05) is 33.3 Å². The van der Waals surface area contributed by atoms with Crippen LogP contribution in [0.4, 0.5) is 0 Å². The maximum atomic E-state index is 13.4. The van der Waals surface area contributed by atoms with E-state index >= 15 is 0 Å². The van der Waals surface area contributed by atoms with E-state index in [4.69, 9.17) is 9.72 Å². The fraction of sp³-hybridized carbons (Fsp3) is 0.316. The number of pyridine rings is 1. The molecule has 1 fully saturated rings. The lowest BCUT2D eigenvalue weighted by Crippen LogP contribution is -2.48. The van der Waals surface area contributed by atoms with Gasteiger partial charge in [-0.15, -0.1) is 0 Å². The van der Waals surface area contributed by atoms with Crippen molar-refractivity contribution < 1.29 is 9.53 Å². The summed E-state index contributed by atoms with van der Waals surface area (Å²) >= 11 is 0. The largest absolute Gasteiger partial charge is 0.497 e. The molecule has 0 atom stereocenters. The molecular weight excluding hydrogens is 544 g/mol. The number of carbonyl (C=O) groups excluding carboxylic acids is 1. The monoisotopic (exact) mass is 586 g/mol. The molecule has 6 heteroatoms. The SMILES string of the molecule is COc1cccc(-c2nc3ccc(-c4cc(C)ccc4C)cn3c2CN2CCN(C(=O)c3ccc(C(C)(C)C)cc3)CC2)c1. The van der Waals surface area contributed by atoms with E-state index < -0.39 is 0 Å². The number of ether oxygens (including phenoxy) is 1. The van der Waals surface area contributed by atoms with Crippen LogP contribution in [-0.4, -0.2) is 58.4 Å². The summed E-state index contributed by atoms with van der Waals surface area (Å²) in [6, 6.07) is 27.1. The first-order valence-corrected chi connectivity index (χ1v) is 15.5. The summed E-state index contributed by atoms with van der Waals surface area (Å²) in [5.74, 6) is 0.916. The van der Waals surface area contributed by atoms with Gasteiger partial charge in [0.1, 0.15) is 11.4 Å². The molecule has 1 aliphatic heterocycles. The predicted molar refractivity (Wildman–Crippen MR) is 178 cm³/mol. The Balaban J connectivity index is 1.28. The lowest BCUT2D eigenvalue weighted by atomic mass is 9.86. The van der Waals surface area contributed by atoms with Crippen LogP contribution in [0.15, 0.2) is 85.1 Å². The summed E-state index contributed by atoms with van der Waals surface area (Å²) < 4.78 is 7.80. The fourth-order valence-electron chi connectivity index (χ4n) is 6.07. The van der Waals surface area contributed by atoms with Crippen molar-refractivity contribution >= 4 is 11.6 Å². The number of nitrogens with zero attached hydrogens (tertiary/aromatic N) is 4. The number of hydrogen-bond acceptors (Lipinski definition) is 4. The lowest BCUT2D eigenvalue weighted by Gasteiger charge is -2.35. The molecule has 226 valence electrons. The van der Waals surface area contributed by atoms with Gasteiger partial charge in [-0.3, -0.25) is 9.69 Å². The van der Waals surface area contributed by atoms with Crippen LogP contribution in [0.25, 0.3) is 28.0 Å². The lowest BCUT2D eigenvalue weighted by molar-refractivity contribution is 0.0627. The van der Waals surface area contributed by atoms with Gasteiger partial charge in [0, 0.05) is 50.0 Å². The molecule has 5 aromatic rings. The minimum Gasteiger partial charge on any atom is -0.497 e. The Morgan fingerprint density at radius 1 is 0.864 bits per heavy atom. The molecule has 1 aliphatic rings. The molecule has 6 nitrogen and oxygen atoms in total. The molecule has 0 N–H and O–H groups in total. The third-order valence-corrected chi connectivity index (χ3v) is 8.80. The first kappa shape index (κ1) is 29.6. The number of fused-ring (bicyclic) bond motifs is 1. The Hall–Kier alpha value is -4.42. The van der Waals surface area contributed by atoms with Crippen molar-refractivity contribution in [2.24, 2.45) is 0 Å². The normalized spacial score (nSPS) is 14.3. The van der Waals surface area contributed by atoms with Gasteiger partial charge in [0.2, 0.25) is 0 Å². The number of carbonyl (C=O) groups is 1. The molecular formula is C38H42N4O2. The molecule has 0 spiro atoms. The minimum absolute atomic E-state index is 0.0639. The van der Waals surface area contributed by atoms with E-state index in [0.717, 1.165) is 53.5 Å². The van der Waals surface area contributed by atoms with Crippen molar-refractivity contribution in [3.8, 4) is 28.1 Å². The van der Waals surface area contributed by atoms with Crippen molar-refractivity contribution in [2.45, 2.75) is 46.6 Å². The Kier molecular flexibility index (Phi) is 8.04. The van der Waals surface area contributed by atoms with Gasteiger partial charge in [0.25, 0.3) is 5.91 Å². The van der Waals surface area contributed by atoms with Crippen LogP contribution >= 0.6 is 0 Å². The van der Waals surface area contributed by atoms with Gasteiger partial charge in [0.05, 0.1) is 18.5 Å². The van der Waals surface area contributed by atoms with Crippen molar-refractivity contribution in [3.05, 3.63) is 113 Å². The quantitative estimate of drug-likeness (QED) is 0.206. The van der Waals surface area contributed by atoms with Crippen LogP contribution < -0.4 is 4.74 Å². The van der Waals surface area contributed by atoms with Gasteiger partial charge >= 0.3 is 0 Å². The molecule has 2 aromatic heterocycles. The molecule has 1 amide bonds. The molecule has 0 radical (unpaired) electrons. The van der Waals surface area contributed by atoms with Gasteiger partial charge in [-0.2, -0.15) is 0 Å². The maximum absolute atomic E-state index is 13.4. The highest BCUT2D eigenvalue weighted by molar-refractivity contribution is 5.94. The summed E-state index contributed by atoms with van der Waals surface area (Å²) in [6.07, 6.45) is 2.23. The molecule has 0 bridgehead atoms. The van der Waals surface area contributed by atoms with Crippen LogP contribution in [-0.2, 0) is 12.0 Å². The zero-order valence-corrected chi connectivity index (χ0v) is 26.7. The maximum Gasteiger partial charge on any atom is 0.253 e. The Morgan fingerprint density at radius 3 is 2.32 bits per heavy atom. The predicted octanol–water partition coefficient (Wildman–Crippen LogP) is 7.55. The fourth-order valence-corrected chi connectivity index (χ4v) is 6.07. The first-order chi connectivity index (χ1) is 21.1. The number of hydrogen-bond donors (Lipinski definition) is 0.